The Morgan fingerprint density at radius 1 is 1.31 bits per heavy atom. The van der Waals surface area contributed by atoms with Crippen LogP contribution in [0.2, 0.25) is 0 Å². The van der Waals surface area contributed by atoms with E-state index in [9.17, 15) is 14.7 Å². The predicted octanol–water partition coefficient (Wildman–Crippen LogP) is 3.96. The normalized spacial score (nSPS) is 11.6. The summed E-state index contributed by atoms with van der Waals surface area (Å²) in [6.45, 7) is 9.78. The van der Waals surface area contributed by atoms with Crippen molar-refractivity contribution in [3.8, 4) is 0 Å². The molecule has 0 aliphatic carbocycles. The third kappa shape index (κ3) is 4.69. The maximum absolute atomic E-state index is 12.2. The van der Waals surface area contributed by atoms with Gasteiger partial charge in [0.25, 0.3) is 0 Å². The highest BCUT2D eigenvalue weighted by Crippen LogP contribution is 2.33. The average molecular weight is 379 g/mol. The number of rotatable bonds is 7. The monoisotopic (exact) mass is 379 g/mol. The Morgan fingerprint density at radius 2 is 2.00 bits per heavy atom. The Balaban J connectivity index is 1.94. The van der Waals surface area contributed by atoms with E-state index in [1.54, 1.807) is 0 Å². The van der Waals surface area contributed by atoms with Crippen LogP contribution in [0.3, 0.4) is 0 Å². The van der Waals surface area contributed by atoms with E-state index in [0.29, 0.717) is 36.0 Å². The molecule has 0 bridgehead atoms. The van der Waals surface area contributed by atoms with Crippen LogP contribution in [0.1, 0.15) is 73.1 Å². The van der Waals surface area contributed by atoms with Gasteiger partial charge in [0.05, 0.1) is 5.56 Å². The predicted molar refractivity (Wildman–Crippen MR) is 100.0 cm³/mol. The van der Waals surface area contributed by atoms with Crippen LogP contribution in [0.15, 0.2) is 4.52 Å². The maximum Gasteiger partial charge on any atom is 0.339 e. The summed E-state index contributed by atoms with van der Waals surface area (Å²) in [5.74, 6) is -0.0765. The topological polar surface area (TPSA) is 105 Å². The van der Waals surface area contributed by atoms with Crippen molar-refractivity contribution in [3.05, 3.63) is 27.7 Å². The number of thiophene rings is 1. The molecule has 0 radical (unpaired) electrons. The van der Waals surface area contributed by atoms with Crippen LogP contribution in [-0.2, 0) is 23.1 Å². The largest absolute Gasteiger partial charge is 0.478 e. The zero-order valence-electron chi connectivity index (χ0n) is 15.8. The molecule has 2 aromatic rings. The Labute approximate surface area is 156 Å². The first-order valence-electron chi connectivity index (χ1n) is 8.62. The lowest BCUT2D eigenvalue weighted by Gasteiger charge is -2.10. The van der Waals surface area contributed by atoms with Crippen LogP contribution < -0.4 is 5.32 Å². The third-order valence-electron chi connectivity index (χ3n) is 3.96. The van der Waals surface area contributed by atoms with Crippen molar-refractivity contribution in [2.24, 2.45) is 0 Å². The lowest BCUT2D eigenvalue weighted by Crippen LogP contribution is -2.14. The second-order valence-electron chi connectivity index (χ2n) is 7.16. The molecule has 0 atom stereocenters. The van der Waals surface area contributed by atoms with Crippen molar-refractivity contribution in [2.75, 3.05) is 5.32 Å². The number of hydrogen-bond acceptors (Lipinski definition) is 6. The van der Waals surface area contributed by atoms with Gasteiger partial charge in [0.1, 0.15) is 5.00 Å². The summed E-state index contributed by atoms with van der Waals surface area (Å²) in [5, 5.41) is 16.5. The van der Waals surface area contributed by atoms with E-state index in [0.717, 1.165) is 10.4 Å². The zero-order chi connectivity index (χ0) is 19.5. The summed E-state index contributed by atoms with van der Waals surface area (Å²) in [6, 6.07) is 0. The first-order chi connectivity index (χ1) is 12.1. The van der Waals surface area contributed by atoms with E-state index in [4.69, 9.17) is 4.52 Å². The van der Waals surface area contributed by atoms with Gasteiger partial charge in [0.15, 0.2) is 5.82 Å². The van der Waals surface area contributed by atoms with Crippen LogP contribution in [0.4, 0.5) is 5.00 Å². The van der Waals surface area contributed by atoms with Crippen molar-refractivity contribution in [2.45, 2.75) is 65.7 Å². The highest BCUT2D eigenvalue weighted by atomic mass is 32.1. The molecule has 2 rings (SSSR count). The number of nitrogens with one attached hydrogen (secondary N) is 1. The van der Waals surface area contributed by atoms with E-state index >= 15 is 0 Å². The fourth-order valence-electron chi connectivity index (χ4n) is 2.57. The second kappa shape index (κ2) is 7.99. The van der Waals surface area contributed by atoms with Gasteiger partial charge < -0.3 is 14.9 Å². The molecular weight excluding hydrogens is 354 g/mol. The van der Waals surface area contributed by atoms with Gasteiger partial charge >= 0.3 is 5.97 Å². The van der Waals surface area contributed by atoms with Gasteiger partial charge in [0, 0.05) is 23.1 Å². The average Bonchev–Trinajstić information content (AvgIpc) is 3.11. The highest BCUT2D eigenvalue weighted by molar-refractivity contribution is 7.16. The molecule has 8 heteroatoms. The van der Waals surface area contributed by atoms with Gasteiger partial charge in [-0.15, -0.1) is 11.3 Å². The van der Waals surface area contributed by atoms with Gasteiger partial charge in [-0.25, -0.2) is 4.79 Å². The van der Waals surface area contributed by atoms with Crippen LogP contribution >= 0.6 is 11.3 Å². The van der Waals surface area contributed by atoms with Crippen molar-refractivity contribution in [3.63, 3.8) is 0 Å². The first kappa shape index (κ1) is 20.1. The standard InChI is InChI=1S/C18H25N3O4S/c1-6-11-10(2)26-15(14(11)16(23)24)19-12(22)8-7-9-13-20-17(21-25-13)18(3,4)5/h6-9H2,1-5H3,(H,19,22)(H,23,24). The minimum absolute atomic E-state index is 0.180. The summed E-state index contributed by atoms with van der Waals surface area (Å²) in [5.41, 5.74) is 0.800. The Kier molecular flexibility index (Phi) is 6.17. The molecular formula is C18H25N3O4S. The summed E-state index contributed by atoms with van der Waals surface area (Å²) in [7, 11) is 0. The fraction of sp³-hybridized carbons (Fsp3) is 0.556. The third-order valence-corrected chi connectivity index (χ3v) is 5.03. The number of carboxylic acids is 1. The smallest absolute Gasteiger partial charge is 0.339 e. The number of aryl methyl sites for hydroxylation is 2. The van der Waals surface area contributed by atoms with Crippen molar-refractivity contribution < 1.29 is 19.2 Å². The number of carbonyl (C=O) groups is 2. The second-order valence-corrected chi connectivity index (χ2v) is 8.39. The zero-order valence-corrected chi connectivity index (χ0v) is 16.6. The maximum atomic E-state index is 12.2. The van der Waals surface area contributed by atoms with Crippen LogP contribution in [0.25, 0.3) is 0 Å². The summed E-state index contributed by atoms with van der Waals surface area (Å²) in [6.07, 6.45) is 1.93. The van der Waals surface area contributed by atoms with Gasteiger partial charge in [0.2, 0.25) is 11.8 Å². The van der Waals surface area contributed by atoms with Gasteiger partial charge in [-0.05, 0) is 25.3 Å². The number of anilines is 1. The molecule has 0 fully saturated rings. The molecule has 0 aliphatic rings. The number of nitrogens with zero attached hydrogens (tertiary/aromatic N) is 2. The Hall–Kier alpha value is -2.22. The molecule has 0 spiro atoms. The number of aromatic carboxylic acids is 1. The molecule has 142 valence electrons. The quantitative estimate of drug-likeness (QED) is 0.754. The SMILES string of the molecule is CCc1c(C)sc(NC(=O)CCCc2nc(C(C)(C)C)no2)c1C(=O)O. The highest BCUT2D eigenvalue weighted by Gasteiger charge is 2.22. The molecule has 26 heavy (non-hydrogen) atoms. The minimum atomic E-state index is -1.01. The molecule has 0 saturated carbocycles. The molecule has 2 heterocycles. The first-order valence-corrected chi connectivity index (χ1v) is 9.43. The Morgan fingerprint density at radius 3 is 2.54 bits per heavy atom. The molecule has 2 N–H and O–H groups in total. The lowest BCUT2D eigenvalue weighted by atomic mass is 9.96. The molecule has 0 saturated heterocycles. The van der Waals surface area contributed by atoms with E-state index in [1.165, 1.54) is 11.3 Å². The summed E-state index contributed by atoms with van der Waals surface area (Å²) in [4.78, 5) is 29.0. The van der Waals surface area contributed by atoms with Crippen molar-refractivity contribution >= 4 is 28.2 Å². The molecule has 0 unspecified atom stereocenters. The minimum Gasteiger partial charge on any atom is -0.478 e. The van der Waals surface area contributed by atoms with Crippen molar-refractivity contribution in [1.29, 1.82) is 0 Å². The molecule has 2 aromatic heterocycles. The molecule has 0 aromatic carbocycles. The summed E-state index contributed by atoms with van der Waals surface area (Å²) >= 11 is 1.30. The number of carbonyl (C=O) groups excluding carboxylic acids is 1. The van der Waals surface area contributed by atoms with Crippen LogP contribution in [-0.4, -0.2) is 27.1 Å². The van der Waals surface area contributed by atoms with Gasteiger partial charge in [-0.2, -0.15) is 4.98 Å². The van der Waals surface area contributed by atoms with Gasteiger partial charge in [-0.3, -0.25) is 4.79 Å². The van der Waals surface area contributed by atoms with Crippen LogP contribution in [0, 0.1) is 6.92 Å². The van der Waals surface area contributed by atoms with E-state index in [-0.39, 0.29) is 23.3 Å². The van der Waals surface area contributed by atoms with E-state index < -0.39 is 5.97 Å². The Bertz CT molecular complexity index is 802. The fourth-order valence-corrected chi connectivity index (χ4v) is 3.72. The number of amides is 1. The van der Waals surface area contributed by atoms with Gasteiger partial charge in [-0.1, -0.05) is 32.9 Å². The molecule has 0 aliphatic heterocycles. The van der Waals surface area contributed by atoms with Crippen LogP contribution in [0.5, 0.6) is 0 Å². The lowest BCUT2D eigenvalue weighted by molar-refractivity contribution is -0.116. The number of hydrogen-bond donors (Lipinski definition) is 2. The number of aromatic nitrogens is 2. The van der Waals surface area contributed by atoms with E-state index in [1.807, 2.05) is 34.6 Å². The van der Waals surface area contributed by atoms with E-state index in [2.05, 4.69) is 15.5 Å². The van der Waals surface area contributed by atoms with Crippen molar-refractivity contribution in [1.82, 2.24) is 10.1 Å². The summed E-state index contributed by atoms with van der Waals surface area (Å²) < 4.78 is 5.21. The number of carboxylic acid groups (broad SMARTS) is 1. The molecule has 1 amide bonds. The molecule has 7 nitrogen and oxygen atoms in total.